The highest BCUT2D eigenvalue weighted by molar-refractivity contribution is 4.97. The van der Waals surface area contributed by atoms with E-state index in [-0.39, 0.29) is 5.41 Å². The summed E-state index contributed by atoms with van der Waals surface area (Å²) in [6.45, 7) is 13.2. The van der Waals surface area contributed by atoms with E-state index in [9.17, 15) is 5.11 Å². The topological polar surface area (TPSA) is 20.2 Å². The van der Waals surface area contributed by atoms with Crippen LogP contribution >= 0.6 is 0 Å². The van der Waals surface area contributed by atoms with Gasteiger partial charge in [-0.3, -0.25) is 0 Å². The standard InChI is InChI=1S/C17H34O/c1-13(2)8-7-9-15-10-11-17(6,14(3)12-15)16(4,5)18/h13-15,18H,7-12H2,1-6H3. The molecule has 0 amide bonds. The van der Waals surface area contributed by atoms with Crippen LogP contribution in [0.1, 0.15) is 80.1 Å². The molecule has 0 aromatic carbocycles. The van der Waals surface area contributed by atoms with Crippen LogP contribution < -0.4 is 0 Å². The molecule has 1 heteroatoms. The van der Waals surface area contributed by atoms with Gasteiger partial charge in [0.25, 0.3) is 0 Å². The van der Waals surface area contributed by atoms with Gasteiger partial charge in [0.2, 0.25) is 0 Å². The first kappa shape index (κ1) is 16.0. The minimum atomic E-state index is -0.546. The van der Waals surface area contributed by atoms with Crippen molar-refractivity contribution in [2.24, 2.45) is 23.2 Å². The van der Waals surface area contributed by atoms with Crippen LogP contribution in [0.4, 0.5) is 0 Å². The third kappa shape index (κ3) is 3.73. The number of hydrogen-bond acceptors (Lipinski definition) is 1. The molecule has 1 N–H and O–H groups in total. The molecule has 0 spiro atoms. The normalized spacial score (nSPS) is 34.0. The molecule has 1 nitrogen and oxygen atoms in total. The minimum Gasteiger partial charge on any atom is -0.390 e. The van der Waals surface area contributed by atoms with Gasteiger partial charge < -0.3 is 5.11 Å². The molecule has 0 aromatic heterocycles. The van der Waals surface area contributed by atoms with Crippen molar-refractivity contribution >= 4 is 0 Å². The molecule has 1 rings (SSSR count). The lowest BCUT2D eigenvalue weighted by Crippen LogP contribution is -2.48. The van der Waals surface area contributed by atoms with Crippen molar-refractivity contribution in [3.63, 3.8) is 0 Å². The van der Waals surface area contributed by atoms with Crippen molar-refractivity contribution in [3.8, 4) is 0 Å². The Morgan fingerprint density at radius 2 is 1.94 bits per heavy atom. The van der Waals surface area contributed by atoms with Gasteiger partial charge in [0.15, 0.2) is 0 Å². The Bertz CT molecular complexity index is 251. The van der Waals surface area contributed by atoms with Crippen LogP contribution in [0.5, 0.6) is 0 Å². The van der Waals surface area contributed by atoms with Crippen LogP contribution in [0.2, 0.25) is 0 Å². The van der Waals surface area contributed by atoms with E-state index >= 15 is 0 Å². The van der Waals surface area contributed by atoms with Gasteiger partial charge in [-0.2, -0.15) is 0 Å². The fourth-order valence-electron chi connectivity index (χ4n) is 3.61. The molecular formula is C17H34O. The van der Waals surface area contributed by atoms with E-state index in [1.54, 1.807) is 0 Å². The van der Waals surface area contributed by atoms with Crippen LogP contribution in [0, 0.1) is 23.2 Å². The van der Waals surface area contributed by atoms with Gasteiger partial charge >= 0.3 is 0 Å². The highest BCUT2D eigenvalue weighted by atomic mass is 16.3. The zero-order valence-corrected chi connectivity index (χ0v) is 13.4. The highest BCUT2D eigenvalue weighted by Gasteiger charge is 2.46. The lowest BCUT2D eigenvalue weighted by Gasteiger charge is -2.50. The van der Waals surface area contributed by atoms with Gasteiger partial charge in [0, 0.05) is 0 Å². The summed E-state index contributed by atoms with van der Waals surface area (Å²) < 4.78 is 0. The summed E-state index contributed by atoms with van der Waals surface area (Å²) in [5, 5.41) is 10.4. The summed E-state index contributed by atoms with van der Waals surface area (Å²) >= 11 is 0. The Kier molecular flexibility index (Phi) is 5.29. The summed E-state index contributed by atoms with van der Waals surface area (Å²) in [6, 6.07) is 0. The van der Waals surface area contributed by atoms with Gasteiger partial charge in [-0.05, 0) is 56.3 Å². The lowest BCUT2D eigenvalue weighted by atomic mass is 9.58. The van der Waals surface area contributed by atoms with E-state index in [0.29, 0.717) is 5.92 Å². The molecule has 0 bridgehead atoms. The van der Waals surface area contributed by atoms with Gasteiger partial charge in [0.05, 0.1) is 5.60 Å². The first-order valence-electron chi connectivity index (χ1n) is 7.89. The molecular weight excluding hydrogens is 220 g/mol. The third-order valence-electron chi connectivity index (χ3n) is 5.64. The van der Waals surface area contributed by atoms with Gasteiger partial charge in [-0.25, -0.2) is 0 Å². The third-order valence-corrected chi connectivity index (χ3v) is 5.64. The number of aliphatic hydroxyl groups is 1. The molecule has 3 atom stereocenters. The quantitative estimate of drug-likeness (QED) is 0.730. The molecule has 108 valence electrons. The summed E-state index contributed by atoms with van der Waals surface area (Å²) in [5.74, 6) is 2.37. The second kappa shape index (κ2) is 5.94. The Labute approximate surface area is 114 Å². The maximum atomic E-state index is 10.4. The largest absolute Gasteiger partial charge is 0.390 e. The maximum absolute atomic E-state index is 10.4. The highest BCUT2D eigenvalue weighted by Crippen LogP contribution is 2.50. The molecule has 3 unspecified atom stereocenters. The zero-order valence-electron chi connectivity index (χ0n) is 13.4. The molecule has 1 saturated carbocycles. The molecule has 18 heavy (non-hydrogen) atoms. The molecule has 1 aliphatic rings. The predicted molar refractivity (Wildman–Crippen MR) is 79.6 cm³/mol. The van der Waals surface area contributed by atoms with E-state index in [4.69, 9.17) is 0 Å². The number of rotatable bonds is 5. The van der Waals surface area contributed by atoms with Gasteiger partial charge in [-0.15, -0.1) is 0 Å². The van der Waals surface area contributed by atoms with E-state index in [1.165, 1.54) is 38.5 Å². The van der Waals surface area contributed by atoms with Crippen LogP contribution in [0.15, 0.2) is 0 Å². The fraction of sp³-hybridized carbons (Fsp3) is 1.00. The van der Waals surface area contributed by atoms with Crippen LogP contribution in [-0.4, -0.2) is 10.7 Å². The number of hydrogen-bond donors (Lipinski definition) is 1. The first-order chi connectivity index (χ1) is 8.17. The average molecular weight is 254 g/mol. The molecule has 1 aliphatic carbocycles. The van der Waals surface area contributed by atoms with E-state index < -0.39 is 5.60 Å². The van der Waals surface area contributed by atoms with Crippen molar-refractivity contribution in [1.82, 2.24) is 0 Å². The molecule has 0 heterocycles. The second-order valence-electron chi connectivity index (χ2n) is 7.84. The van der Waals surface area contributed by atoms with Crippen LogP contribution in [-0.2, 0) is 0 Å². The first-order valence-corrected chi connectivity index (χ1v) is 7.89. The average Bonchev–Trinajstić information content (AvgIpc) is 2.21. The minimum absolute atomic E-state index is 0.0988. The molecule has 0 radical (unpaired) electrons. The van der Waals surface area contributed by atoms with Crippen molar-refractivity contribution in [2.45, 2.75) is 85.7 Å². The van der Waals surface area contributed by atoms with Crippen molar-refractivity contribution in [3.05, 3.63) is 0 Å². The van der Waals surface area contributed by atoms with Crippen molar-refractivity contribution < 1.29 is 5.11 Å². The summed E-state index contributed by atoms with van der Waals surface area (Å²) in [7, 11) is 0. The molecule has 0 saturated heterocycles. The monoisotopic (exact) mass is 254 g/mol. The second-order valence-corrected chi connectivity index (χ2v) is 7.84. The van der Waals surface area contributed by atoms with Crippen LogP contribution in [0.3, 0.4) is 0 Å². The Morgan fingerprint density at radius 1 is 1.33 bits per heavy atom. The summed E-state index contributed by atoms with van der Waals surface area (Å²) in [6.07, 6.45) is 7.94. The Balaban J connectivity index is 2.46. The molecule has 0 aromatic rings. The summed E-state index contributed by atoms with van der Waals surface area (Å²) in [4.78, 5) is 0. The zero-order chi connectivity index (χ0) is 14.0. The Hall–Kier alpha value is -0.0400. The fourth-order valence-corrected chi connectivity index (χ4v) is 3.61. The molecule has 1 fully saturated rings. The Morgan fingerprint density at radius 3 is 2.39 bits per heavy atom. The maximum Gasteiger partial charge on any atom is 0.0647 e. The van der Waals surface area contributed by atoms with Gasteiger partial charge in [0.1, 0.15) is 0 Å². The van der Waals surface area contributed by atoms with E-state index in [2.05, 4.69) is 27.7 Å². The smallest absolute Gasteiger partial charge is 0.0647 e. The predicted octanol–water partition coefficient (Wildman–Crippen LogP) is 5.03. The van der Waals surface area contributed by atoms with Crippen molar-refractivity contribution in [2.75, 3.05) is 0 Å². The van der Waals surface area contributed by atoms with E-state index in [1.807, 2.05) is 13.8 Å². The molecule has 0 aliphatic heterocycles. The lowest BCUT2D eigenvalue weighted by molar-refractivity contribution is -0.103. The SMILES string of the molecule is CC(C)CCCC1CCC(C)(C(C)(C)O)C(C)C1. The van der Waals surface area contributed by atoms with Crippen LogP contribution in [0.25, 0.3) is 0 Å². The van der Waals surface area contributed by atoms with E-state index in [0.717, 1.165) is 11.8 Å². The summed E-state index contributed by atoms with van der Waals surface area (Å²) in [5.41, 5.74) is -0.448. The van der Waals surface area contributed by atoms with Gasteiger partial charge in [-0.1, -0.05) is 47.0 Å². The van der Waals surface area contributed by atoms with Crippen molar-refractivity contribution in [1.29, 1.82) is 0 Å².